The molecule has 3 nitrogen and oxygen atoms in total. The zero-order valence-electron chi connectivity index (χ0n) is 17.5. The van der Waals surface area contributed by atoms with Crippen LogP contribution >= 0.6 is 0 Å². The van der Waals surface area contributed by atoms with Gasteiger partial charge in [-0.3, -0.25) is 4.79 Å². The first-order valence-electron chi connectivity index (χ1n) is 10.5. The van der Waals surface area contributed by atoms with E-state index in [-0.39, 0.29) is 29.8 Å². The minimum absolute atomic E-state index is 0.0576. The van der Waals surface area contributed by atoms with Crippen LogP contribution in [0.3, 0.4) is 0 Å². The Bertz CT molecular complexity index is 866. The van der Waals surface area contributed by atoms with Crippen LogP contribution in [0.4, 0.5) is 18.9 Å². The molecule has 4 unspecified atom stereocenters. The van der Waals surface area contributed by atoms with Gasteiger partial charge < -0.3 is 10.1 Å². The van der Waals surface area contributed by atoms with Gasteiger partial charge in [0.2, 0.25) is 0 Å². The number of hydrogen-bond donors (Lipinski definition) is 1. The highest BCUT2D eigenvalue weighted by Crippen LogP contribution is 2.48. The van der Waals surface area contributed by atoms with Gasteiger partial charge in [0.1, 0.15) is 0 Å². The molecule has 1 aliphatic heterocycles. The van der Waals surface area contributed by atoms with Crippen molar-refractivity contribution in [3.8, 4) is 0 Å². The minimum atomic E-state index is -4.39. The minimum Gasteiger partial charge on any atom is -0.466 e. The lowest BCUT2D eigenvalue weighted by Crippen LogP contribution is -2.34. The molecular formula is C24H28F3NO2. The van der Waals surface area contributed by atoms with Crippen molar-refractivity contribution >= 4 is 11.7 Å². The lowest BCUT2D eigenvalue weighted by Gasteiger charge is -2.41. The molecule has 0 amide bonds. The number of fused-ring (bicyclic) bond motifs is 1. The maximum Gasteiger partial charge on any atom is 0.416 e. The van der Waals surface area contributed by atoms with E-state index in [1.54, 1.807) is 6.92 Å². The Morgan fingerprint density at radius 3 is 2.43 bits per heavy atom. The Morgan fingerprint density at radius 1 is 1.13 bits per heavy atom. The lowest BCUT2D eigenvalue weighted by molar-refractivity contribution is -0.149. The number of nitrogens with one attached hydrogen (secondary N) is 1. The number of esters is 1. The van der Waals surface area contributed by atoms with Gasteiger partial charge in [-0.2, -0.15) is 13.2 Å². The smallest absolute Gasteiger partial charge is 0.416 e. The van der Waals surface area contributed by atoms with Crippen LogP contribution in [-0.4, -0.2) is 12.6 Å². The number of carbonyl (C=O) groups excluding carboxylic acids is 1. The lowest BCUT2D eigenvalue weighted by atomic mass is 9.71. The summed E-state index contributed by atoms with van der Waals surface area (Å²) in [6.45, 7) is 5.98. The second-order valence-electron chi connectivity index (χ2n) is 7.88. The highest BCUT2D eigenvalue weighted by atomic mass is 19.4. The van der Waals surface area contributed by atoms with Crippen molar-refractivity contribution in [3.63, 3.8) is 0 Å². The van der Waals surface area contributed by atoms with E-state index in [2.05, 4.69) is 5.32 Å². The third kappa shape index (κ3) is 4.63. The maximum atomic E-state index is 13.3. The van der Waals surface area contributed by atoms with Gasteiger partial charge in [-0.05, 0) is 60.9 Å². The number of ether oxygens (including phenoxy) is 1. The van der Waals surface area contributed by atoms with Crippen LogP contribution in [0.25, 0.3) is 0 Å². The molecule has 30 heavy (non-hydrogen) atoms. The maximum absolute atomic E-state index is 13.3. The highest BCUT2D eigenvalue weighted by Gasteiger charge is 2.39. The van der Waals surface area contributed by atoms with Crippen molar-refractivity contribution in [2.75, 3.05) is 11.9 Å². The highest BCUT2D eigenvalue weighted by molar-refractivity contribution is 5.72. The van der Waals surface area contributed by atoms with E-state index in [9.17, 15) is 18.0 Å². The van der Waals surface area contributed by atoms with Crippen LogP contribution in [0.2, 0.25) is 0 Å². The largest absolute Gasteiger partial charge is 0.466 e. The third-order valence-electron chi connectivity index (χ3n) is 6.08. The van der Waals surface area contributed by atoms with E-state index in [4.69, 9.17) is 4.74 Å². The fourth-order valence-electron chi connectivity index (χ4n) is 4.39. The second kappa shape index (κ2) is 9.11. The molecule has 0 saturated carbocycles. The summed E-state index contributed by atoms with van der Waals surface area (Å²) in [7, 11) is 0. The molecule has 2 aromatic rings. The molecule has 3 rings (SSSR count). The SMILES string of the molecule is CCOC(=O)C(CC)CC1C(C)c2cc(C(F)(F)F)ccc2NC1c1ccccc1. The molecule has 6 heteroatoms. The van der Waals surface area contributed by atoms with Gasteiger partial charge in [-0.1, -0.05) is 44.2 Å². The van der Waals surface area contributed by atoms with Gasteiger partial charge in [0.15, 0.2) is 0 Å². The molecule has 0 spiro atoms. The Labute approximate surface area is 175 Å². The molecule has 1 N–H and O–H groups in total. The summed E-state index contributed by atoms with van der Waals surface area (Å²) in [6.07, 6.45) is -3.23. The number of alkyl halides is 3. The quantitative estimate of drug-likeness (QED) is 0.538. The monoisotopic (exact) mass is 419 g/mol. The summed E-state index contributed by atoms with van der Waals surface area (Å²) < 4.78 is 45.1. The predicted octanol–water partition coefficient (Wildman–Crippen LogP) is 6.57. The zero-order chi connectivity index (χ0) is 21.9. The standard InChI is InChI=1S/C24H28F3NO2/c1-4-16(23(29)30-5-2)13-20-15(3)19-14-18(24(25,26)27)11-12-21(19)28-22(20)17-9-7-6-8-10-17/h6-12,14-16,20,22,28H,4-5,13H2,1-3H3. The van der Waals surface area contributed by atoms with Crippen LogP contribution in [0, 0.1) is 11.8 Å². The molecule has 4 atom stereocenters. The average Bonchev–Trinajstić information content (AvgIpc) is 2.73. The summed E-state index contributed by atoms with van der Waals surface area (Å²) in [6, 6.07) is 13.6. The molecular weight excluding hydrogens is 391 g/mol. The molecule has 162 valence electrons. The summed E-state index contributed by atoms with van der Waals surface area (Å²) in [5.41, 5.74) is 1.76. The molecule has 1 aliphatic rings. The number of halogens is 3. The van der Waals surface area contributed by atoms with E-state index >= 15 is 0 Å². The molecule has 0 aliphatic carbocycles. The summed E-state index contributed by atoms with van der Waals surface area (Å²) in [4.78, 5) is 12.4. The molecule has 0 radical (unpaired) electrons. The fourth-order valence-corrected chi connectivity index (χ4v) is 4.39. The molecule has 0 bridgehead atoms. The van der Waals surface area contributed by atoms with Crippen molar-refractivity contribution < 1.29 is 22.7 Å². The van der Waals surface area contributed by atoms with Crippen molar-refractivity contribution in [3.05, 3.63) is 65.2 Å². The fraction of sp³-hybridized carbons (Fsp3) is 0.458. The van der Waals surface area contributed by atoms with Crippen LogP contribution < -0.4 is 5.32 Å². The molecule has 0 fully saturated rings. The molecule has 2 aromatic carbocycles. The van der Waals surface area contributed by atoms with Gasteiger partial charge in [0, 0.05) is 5.69 Å². The van der Waals surface area contributed by atoms with Gasteiger partial charge >= 0.3 is 12.1 Å². The number of rotatable bonds is 6. The van der Waals surface area contributed by atoms with E-state index < -0.39 is 11.7 Å². The third-order valence-corrected chi connectivity index (χ3v) is 6.08. The number of carbonyl (C=O) groups is 1. The van der Waals surface area contributed by atoms with Gasteiger partial charge in [0.05, 0.1) is 24.1 Å². The first-order chi connectivity index (χ1) is 14.3. The van der Waals surface area contributed by atoms with Crippen molar-refractivity contribution in [1.82, 2.24) is 0 Å². The van der Waals surface area contributed by atoms with E-state index in [1.807, 2.05) is 44.2 Å². The van der Waals surface area contributed by atoms with Gasteiger partial charge in [-0.25, -0.2) is 0 Å². The Morgan fingerprint density at radius 2 is 1.83 bits per heavy atom. The van der Waals surface area contributed by atoms with Gasteiger partial charge in [0.25, 0.3) is 0 Å². The predicted molar refractivity (Wildman–Crippen MR) is 111 cm³/mol. The average molecular weight is 419 g/mol. The van der Waals surface area contributed by atoms with Crippen LogP contribution in [0.5, 0.6) is 0 Å². The van der Waals surface area contributed by atoms with Crippen molar-refractivity contribution in [2.24, 2.45) is 11.8 Å². The van der Waals surface area contributed by atoms with Gasteiger partial charge in [-0.15, -0.1) is 0 Å². The Kier molecular flexibility index (Phi) is 6.74. The summed E-state index contributed by atoms with van der Waals surface area (Å²) in [5.74, 6) is -0.749. The van der Waals surface area contributed by atoms with E-state index in [0.29, 0.717) is 30.7 Å². The molecule has 1 heterocycles. The number of benzene rings is 2. The van der Waals surface area contributed by atoms with Crippen molar-refractivity contribution in [2.45, 2.75) is 51.7 Å². The first-order valence-corrected chi connectivity index (χ1v) is 10.5. The zero-order valence-corrected chi connectivity index (χ0v) is 17.5. The molecule has 0 saturated heterocycles. The number of hydrogen-bond acceptors (Lipinski definition) is 3. The Balaban J connectivity index is 2.01. The normalized spacial score (nSPS) is 22.0. The van der Waals surface area contributed by atoms with E-state index in [1.165, 1.54) is 12.1 Å². The van der Waals surface area contributed by atoms with Crippen LogP contribution in [0.1, 0.15) is 62.3 Å². The Hall–Kier alpha value is -2.50. The first kappa shape index (κ1) is 22.2. The summed E-state index contributed by atoms with van der Waals surface area (Å²) in [5, 5.41) is 3.45. The molecule has 0 aromatic heterocycles. The van der Waals surface area contributed by atoms with Crippen molar-refractivity contribution in [1.29, 1.82) is 0 Å². The summed E-state index contributed by atoms with van der Waals surface area (Å²) >= 11 is 0. The van der Waals surface area contributed by atoms with E-state index in [0.717, 1.165) is 11.6 Å². The van der Waals surface area contributed by atoms with Crippen LogP contribution in [0.15, 0.2) is 48.5 Å². The second-order valence-corrected chi connectivity index (χ2v) is 7.88. The number of anilines is 1. The van der Waals surface area contributed by atoms with Crippen LogP contribution in [-0.2, 0) is 15.7 Å². The topological polar surface area (TPSA) is 38.3 Å².